The van der Waals surface area contributed by atoms with Crippen molar-refractivity contribution in [2.24, 2.45) is 5.73 Å². The number of nitrogens with two attached hydrogens (primary N) is 1. The van der Waals surface area contributed by atoms with Gasteiger partial charge in [0.2, 0.25) is 5.91 Å². The van der Waals surface area contributed by atoms with Crippen LogP contribution in [0.3, 0.4) is 0 Å². The summed E-state index contributed by atoms with van der Waals surface area (Å²) in [5.41, 5.74) is 6.73. The molecule has 0 radical (unpaired) electrons. The zero-order chi connectivity index (χ0) is 14.4. The van der Waals surface area contributed by atoms with Gasteiger partial charge >= 0.3 is 0 Å². The number of hydrogen-bond acceptors (Lipinski definition) is 4. The molecule has 1 aromatic heterocycles. The molecule has 110 valence electrons. The number of likely N-dealkylation sites (tertiary alicyclic amines) is 1. The third-order valence-corrected chi connectivity index (χ3v) is 3.57. The number of nitrogens with one attached hydrogen (secondary N) is 1. The average molecular weight is 276 g/mol. The van der Waals surface area contributed by atoms with E-state index < -0.39 is 0 Å². The van der Waals surface area contributed by atoms with E-state index >= 15 is 0 Å². The molecule has 20 heavy (non-hydrogen) atoms. The summed E-state index contributed by atoms with van der Waals surface area (Å²) in [6.45, 7) is 4.75. The highest BCUT2D eigenvalue weighted by molar-refractivity contribution is 5.76. The van der Waals surface area contributed by atoms with E-state index in [1.807, 2.05) is 25.3 Å². The van der Waals surface area contributed by atoms with Crippen molar-refractivity contribution in [1.29, 1.82) is 0 Å². The van der Waals surface area contributed by atoms with Gasteiger partial charge in [0.05, 0.1) is 5.69 Å². The SMILES string of the molecule is CC(N)CC(=O)NC1CCN(Cc2ccccn2)CC1. The fourth-order valence-electron chi connectivity index (χ4n) is 2.54. The zero-order valence-corrected chi connectivity index (χ0v) is 12.1. The maximum absolute atomic E-state index is 11.7. The molecule has 0 aliphatic carbocycles. The van der Waals surface area contributed by atoms with Gasteiger partial charge in [0.15, 0.2) is 0 Å². The van der Waals surface area contributed by atoms with Crippen molar-refractivity contribution in [2.45, 2.75) is 44.8 Å². The van der Waals surface area contributed by atoms with Crippen LogP contribution in [-0.2, 0) is 11.3 Å². The predicted octanol–water partition coefficient (Wildman–Crippen LogP) is 0.899. The highest BCUT2D eigenvalue weighted by Gasteiger charge is 2.21. The number of carbonyl (C=O) groups excluding carboxylic acids is 1. The first kappa shape index (κ1) is 14.9. The maximum Gasteiger partial charge on any atom is 0.221 e. The fraction of sp³-hybridized carbons (Fsp3) is 0.600. The van der Waals surface area contributed by atoms with Crippen molar-refractivity contribution in [3.8, 4) is 0 Å². The second-order valence-corrected chi connectivity index (χ2v) is 5.62. The monoisotopic (exact) mass is 276 g/mol. The molecule has 1 unspecified atom stereocenters. The van der Waals surface area contributed by atoms with E-state index in [9.17, 15) is 4.79 Å². The third kappa shape index (κ3) is 4.90. The van der Waals surface area contributed by atoms with E-state index in [-0.39, 0.29) is 11.9 Å². The van der Waals surface area contributed by atoms with Crippen molar-refractivity contribution in [2.75, 3.05) is 13.1 Å². The van der Waals surface area contributed by atoms with Crippen LogP contribution in [0.4, 0.5) is 0 Å². The predicted molar refractivity (Wildman–Crippen MR) is 78.9 cm³/mol. The van der Waals surface area contributed by atoms with Gasteiger partial charge in [-0.3, -0.25) is 14.7 Å². The Balaban J connectivity index is 1.71. The first-order chi connectivity index (χ1) is 9.63. The molecule has 1 amide bonds. The minimum absolute atomic E-state index is 0.0701. The van der Waals surface area contributed by atoms with Gasteiger partial charge in [-0.05, 0) is 31.9 Å². The number of aromatic nitrogens is 1. The molecule has 3 N–H and O–H groups in total. The topological polar surface area (TPSA) is 71.2 Å². The van der Waals surface area contributed by atoms with Gasteiger partial charge in [-0.25, -0.2) is 0 Å². The second kappa shape index (κ2) is 7.36. The average Bonchev–Trinajstić information content (AvgIpc) is 2.41. The Labute approximate surface area is 120 Å². The molecule has 0 bridgehead atoms. The van der Waals surface area contributed by atoms with Crippen LogP contribution in [0.1, 0.15) is 31.9 Å². The summed E-state index contributed by atoms with van der Waals surface area (Å²) in [5, 5.41) is 3.07. The first-order valence-electron chi connectivity index (χ1n) is 7.30. The number of pyridine rings is 1. The number of hydrogen-bond donors (Lipinski definition) is 2. The molecule has 1 saturated heterocycles. The normalized spacial score (nSPS) is 18.7. The van der Waals surface area contributed by atoms with Crippen molar-refractivity contribution in [3.63, 3.8) is 0 Å². The molecule has 5 heteroatoms. The van der Waals surface area contributed by atoms with Crippen LogP contribution >= 0.6 is 0 Å². The van der Waals surface area contributed by atoms with Crippen molar-refractivity contribution < 1.29 is 4.79 Å². The molecule has 1 atom stereocenters. The lowest BCUT2D eigenvalue weighted by Crippen LogP contribution is -2.45. The lowest BCUT2D eigenvalue weighted by atomic mass is 10.0. The summed E-state index contributed by atoms with van der Waals surface area (Å²) in [4.78, 5) is 18.4. The van der Waals surface area contributed by atoms with Crippen molar-refractivity contribution in [1.82, 2.24) is 15.2 Å². The van der Waals surface area contributed by atoms with E-state index in [2.05, 4.69) is 21.3 Å². The summed E-state index contributed by atoms with van der Waals surface area (Å²) in [7, 11) is 0. The molecular formula is C15H24N4O. The van der Waals surface area contributed by atoms with Gasteiger partial charge in [0.25, 0.3) is 0 Å². The molecule has 2 heterocycles. The molecule has 1 aliphatic heterocycles. The van der Waals surface area contributed by atoms with Crippen molar-refractivity contribution >= 4 is 5.91 Å². The smallest absolute Gasteiger partial charge is 0.221 e. The Morgan fingerprint density at radius 2 is 2.25 bits per heavy atom. The van der Waals surface area contributed by atoms with E-state index in [0.29, 0.717) is 12.5 Å². The summed E-state index contributed by atoms with van der Waals surface area (Å²) >= 11 is 0. The van der Waals surface area contributed by atoms with Crippen LogP contribution in [0, 0.1) is 0 Å². The first-order valence-corrected chi connectivity index (χ1v) is 7.30. The Morgan fingerprint density at radius 3 is 2.85 bits per heavy atom. The van der Waals surface area contributed by atoms with Crippen LogP contribution in [0.25, 0.3) is 0 Å². The molecule has 1 fully saturated rings. The van der Waals surface area contributed by atoms with E-state index in [4.69, 9.17) is 5.73 Å². The van der Waals surface area contributed by atoms with E-state index in [0.717, 1.165) is 38.2 Å². The van der Waals surface area contributed by atoms with Crippen LogP contribution in [0.2, 0.25) is 0 Å². The summed E-state index contributed by atoms with van der Waals surface area (Å²) in [6.07, 6.45) is 4.24. The van der Waals surface area contributed by atoms with E-state index in [1.54, 1.807) is 0 Å². The largest absolute Gasteiger partial charge is 0.353 e. The van der Waals surface area contributed by atoms with Crippen LogP contribution in [0.5, 0.6) is 0 Å². The Kier molecular flexibility index (Phi) is 5.49. The van der Waals surface area contributed by atoms with E-state index in [1.165, 1.54) is 0 Å². The summed E-state index contributed by atoms with van der Waals surface area (Å²) < 4.78 is 0. The van der Waals surface area contributed by atoms with Gasteiger partial charge in [-0.2, -0.15) is 0 Å². The lowest BCUT2D eigenvalue weighted by molar-refractivity contribution is -0.122. The van der Waals surface area contributed by atoms with Gasteiger partial charge in [0, 0.05) is 44.3 Å². The molecule has 5 nitrogen and oxygen atoms in total. The van der Waals surface area contributed by atoms with Crippen molar-refractivity contribution in [3.05, 3.63) is 30.1 Å². The second-order valence-electron chi connectivity index (χ2n) is 5.62. The van der Waals surface area contributed by atoms with Crippen LogP contribution in [-0.4, -0.2) is 41.0 Å². The van der Waals surface area contributed by atoms with Crippen LogP contribution < -0.4 is 11.1 Å². The van der Waals surface area contributed by atoms with Gasteiger partial charge in [-0.1, -0.05) is 6.07 Å². The molecule has 0 saturated carbocycles. The van der Waals surface area contributed by atoms with Gasteiger partial charge in [0.1, 0.15) is 0 Å². The number of amides is 1. The molecule has 1 aliphatic rings. The molecule has 2 rings (SSSR count). The fourth-order valence-corrected chi connectivity index (χ4v) is 2.54. The Hall–Kier alpha value is -1.46. The molecule has 0 spiro atoms. The molecular weight excluding hydrogens is 252 g/mol. The highest BCUT2D eigenvalue weighted by Crippen LogP contribution is 2.13. The minimum Gasteiger partial charge on any atom is -0.353 e. The van der Waals surface area contributed by atoms with Gasteiger partial charge < -0.3 is 11.1 Å². The molecule has 0 aromatic carbocycles. The quantitative estimate of drug-likeness (QED) is 0.838. The number of rotatable bonds is 5. The Morgan fingerprint density at radius 1 is 1.50 bits per heavy atom. The summed E-state index contributed by atoms with van der Waals surface area (Å²) in [5.74, 6) is 0.0724. The number of carbonyl (C=O) groups is 1. The zero-order valence-electron chi connectivity index (χ0n) is 12.1. The number of piperidine rings is 1. The lowest BCUT2D eigenvalue weighted by Gasteiger charge is -2.32. The Bertz CT molecular complexity index is 413. The third-order valence-electron chi connectivity index (χ3n) is 3.57. The number of nitrogens with zero attached hydrogens (tertiary/aromatic N) is 2. The van der Waals surface area contributed by atoms with Crippen LogP contribution in [0.15, 0.2) is 24.4 Å². The summed E-state index contributed by atoms with van der Waals surface area (Å²) in [6, 6.07) is 6.23. The minimum atomic E-state index is -0.0701. The standard InChI is InChI=1S/C15H24N4O/c1-12(16)10-15(20)18-13-5-8-19(9-6-13)11-14-4-2-3-7-17-14/h2-4,7,12-13H,5-6,8-11,16H2,1H3,(H,18,20). The van der Waals surface area contributed by atoms with Gasteiger partial charge in [-0.15, -0.1) is 0 Å². The highest BCUT2D eigenvalue weighted by atomic mass is 16.1. The maximum atomic E-state index is 11.7. The molecule has 1 aromatic rings.